The van der Waals surface area contributed by atoms with Crippen LogP contribution in [0.1, 0.15) is 41.7 Å². The van der Waals surface area contributed by atoms with Gasteiger partial charge < -0.3 is 14.9 Å². The van der Waals surface area contributed by atoms with Crippen LogP contribution < -0.4 is 9.80 Å². The maximum Gasteiger partial charge on any atom is 0.223 e. The van der Waals surface area contributed by atoms with Crippen molar-refractivity contribution in [3.63, 3.8) is 0 Å². The number of amides is 1. The Balaban J connectivity index is 1.37. The number of rotatable bonds is 4. The van der Waals surface area contributed by atoms with Crippen LogP contribution in [0.3, 0.4) is 0 Å². The number of fused-ring (bicyclic) bond motifs is 1. The molecule has 0 aliphatic carbocycles. The Morgan fingerprint density at radius 1 is 1.00 bits per heavy atom. The molecule has 160 valence electrons. The van der Waals surface area contributed by atoms with E-state index in [1.54, 1.807) is 6.92 Å². The second kappa shape index (κ2) is 8.78. The Labute approximate surface area is 179 Å². The third-order valence-electron chi connectivity index (χ3n) is 6.48. The Hall–Kier alpha value is -2.37. The van der Waals surface area contributed by atoms with Crippen LogP contribution in [0.15, 0.2) is 36.4 Å². The first-order valence-electron chi connectivity index (χ1n) is 11.1. The minimum Gasteiger partial charge on any atom is -0.387 e. The van der Waals surface area contributed by atoms with Gasteiger partial charge in [-0.05, 0) is 55.5 Å². The third-order valence-corrected chi connectivity index (χ3v) is 6.48. The number of aliphatic hydroxyl groups is 1. The van der Waals surface area contributed by atoms with E-state index in [1.165, 1.54) is 22.4 Å². The molecule has 2 heterocycles. The lowest BCUT2D eigenvalue weighted by molar-refractivity contribution is -0.116. The van der Waals surface area contributed by atoms with E-state index in [-0.39, 0.29) is 5.91 Å². The van der Waals surface area contributed by atoms with E-state index in [9.17, 15) is 9.90 Å². The summed E-state index contributed by atoms with van der Waals surface area (Å²) in [7, 11) is 0. The fraction of sp³-hybridized carbons (Fsp3) is 0.480. The maximum atomic E-state index is 11.9. The molecule has 1 unspecified atom stereocenters. The molecule has 2 aromatic carbocycles. The summed E-state index contributed by atoms with van der Waals surface area (Å²) in [5, 5.41) is 10.9. The second-order valence-corrected chi connectivity index (χ2v) is 8.76. The highest BCUT2D eigenvalue weighted by molar-refractivity contribution is 5.92. The van der Waals surface area contributed by atoms with Crippen molar-refractivity contribution < 1.29 is 9.90 Å². The van der Waals surface area contributed by atoms with Crippen molar-refractivity contribution in [1.82, 2.24) is 4.90 Å². The van der Waals surface area contributed by atoms with Crippen LogP contribution in [0.25, 0.3) is 0 Å². The van der Waals surface area contributed by atoms with Crippen molar-refractivity contribution in [3.05, 3.63) is 58.7 Å². The predicted octanol–water partition coefficient (Wildman–Crippen LogP) is 3.46. The van der Waals surface area contributed by atoms with Crippen LogP contribution in [-0.4, -0.2) is 55.2 Å². The van der Waals surface area contributed by atoms with Gasteiger partial charge in [0.15, 0.2) is 0 Å². The number of β-amino-alcohol motifs (C(OH)–C–C–N with tert-alkyl or cyclic N) is 1. The third kappa shape index (κ3) is 4.37. The topological polar surface area (TPSA) is 47.0 Å². The predicted molar refractivity (Wildman–Crippen MR) is 122 cm³/mol. The second-order valence-electron chi connectivity index (χ2n) is 8.76. The molecule has 0 radical (unpaired) electrons. The number of carbonyl (C=O) groups is 1. The molecule has 0 aromatic heterocycles. The van der Waals surface area contributed by atoms with Gasteiger partial charge in [0.05, 0.1) is 6.10 Å². The summed E-state index contributed by atoms with van der Waals surface area (Å²) in [6.07, 6.45) is 1.44. The first-order chi connectivity index (χ1) is 14.4. The lowest BCUT2D eigenvalue weighted by atomic mass is 9.97. The Morgan fingerprint density at radius 2 is 1.73 bits per heavy atom. The molecule has 1 atom stereocenters. The van der Waals surface area contributed by atoms with Gasteiger partial charge in [0.25, 0.3) is 0 Å². The Bertz CT molecular complexity index is 919. The molecule has 1 amide bonds. The number of aryl methyl sites for hydroxylation is 3. The van der Waals surface area contributed by atoms with Gasteiger partial charge in [-0.2, -0.15) is 0 Å². The smallest absolute Gasteiger partial charge is 0.223 e. The van der Waals surface area contributed by atoms with Gasteiger partial charge in [-0.15, -0.1) is 0 Å². The lowest BCUT2D eigenvalue weighted by Gasteiger charge is -2.37. The van der Waals surface area contributed by atoms with E-state index < -0.39 is 6.10 Å². The molecule has 4 rings (SSSR count). The molecule has 5 heteroatoms. The molecular weight excluding hydrogens is 374 g/mol. The van der Waals surface area contributed by atoms with Crippen molar-refractivity contribution in [3.8, 4) is 0 Å². The van der Waals surface area contributed by atoms with Crippen LogP contribution in [0.5, 0.6) is 0 Å². The fourth-order valence-electron chi connectivity index (χ4n) is 4.83. The zero-order valence-corrected chi connectivity index (χ0v) is 18.4. The average Bonchev–Trinajstić information content (AvgIpc) is 2.73. The van der Waals surface area contributed by atoms with Crippen LogP contribution in [0.4, 0.5) is 11.4 Å². The highest BCUT2D eigenvalue weighted by atomic mass is 16.3. The van der Waals surface area contributed by atoms with E-state index in [1.807, 2.05) is 17.0 Å². The summed E-state index contributed by atoms with van der Waals surface area (Å²) in [4.78, 5) is 18.5. The fourth-order valence-corrected chi connectivity index (χ4v) is 4.83. The van der Waals surface area contributed by atoms with Crippen LogP contribution in [0, 0.1) is 13.8 Å². The van der Waals surface area contributed by atoms with Gasteiger partial charge in [0.1, 0.15) is 0 Å². The number of anilines is 2. The van der Waals surface area contributed by atoms with Gasteiger partial charge in [-0.1, -0.05) is 29.8 Å². The number of hydrogen-bond acceptors (Lipinski definition) is 4. The number of hydrogen-bond donors (Lipinski definition) is 1. The van der Waals surface area contributed by atoms with Crippen molar-refractivity contribution in [1.29, 1.82) is 0 Å². The average molecular weight is 408 g/mol. The molecule has 0 spiro atoms. The normalized spacial score (nSPS) is 18.3. The van der Waals surface area contributed by atoms with Crippen molar-refractivity contribution in [2.45, 2.75) is 39.7 Å². The highest BCUT2D eigenvalue weighted by Crippen LogP contribution is 2.30. The summed E-state index contributed by atoms with van der Waals surface area (Å²) in [6, 6.07) is 12.7. The monoisotopic (exact) mass is 407 g/mol. The molecule has 30 heavy (non-hydrogen) atoms. The summed E-state index contributed by atoms with van der Waals surface area (Å²) in [5.41, 5.74) is 7.09. The molecule has 2 aliphatic rings. The molecule has 1 saturated heterocycles. The maximum absolute atomic E-state index is 11.9. The Kier molecular flexibility index (Phi) is 6.11. The number of piperazine rings is 1. The zero-order valence-electron chi connectivity index (χ0n) is 18.4. The molecule has 0 saturated carbocycles. The SMILES string of the molecule is CC(=O)N1CCCc2cc(C(O)CN3CCN(c4ccc(C)cc4C)CC3)ccc21. The summed E-state index contributed by atoms with van der Waals surface area (Å²) in [5.74, 6) is 0.0888. The van der Waals surface area contributed by atoms with E-state index in [0.29, 0.717) is 6.54 Å². The molecule has 1 fully saturated rings. The van der Waals surface area contributed by atoms with Gasteiger partial charge in [-0.25, -0.2) is 0 Å². The van der Waals surface area contributed by atoms with Crippen LogP contribution in [0.2, 0.25) is 0 Å². The van der Waals surface area contributed by atoms with E-state index in [0.717, 1.165) is 56.8 Å². The van der Waals surface area contributed by atoms with Crippen LogP contribution >= 0.6 is 0 Å². The van der Waals surface area contributed by atoms with Gasteiger partial charge in [0, 0.05) is 57.6 Å². The standard InChI is InChI=1S/C25H33N3O2/c1-18-6-8-23(19(2)15-18)27-13-11-26(12-14-27)17-25(30)22-7-9-24-21(16-22)5-4-10-28(24)20(3)29/h6-9,15-16,25,30H,4-5,10-14,17H2,1-3H3. The molecule has 0 bridgehead atoms. The van der Waals surface area contributed by atoms with E-state index in [4.69, 9.17) is 0 Å². The number of aliphatic hydroxyl groups excluding tert-OH is 1. The number of carbonyl (C=O) groups excluding carboxylic acids is 1. The van der Waals surface area contributed by atoms with Crippen LogP contribution in [-0.2, 0) is 11.2 Å². The Morgan fingerprint density at radius 3 is 2.43 bits per heavy atom. The highest BCUT2D eigenvalue weighted by Gasteiger charge is 2.24. The molecule has 2 aliphatic heterocycles. The first kappa shape index (κ1) is 20.9. The van der Waals surface area contributed by atoms with Crippen molar-refractivity contribution in [2.24, 2.45) is 0 Å². The van der Waals surface area contributed by atoms with E-state index >= 15 is 0 Å². The minimum atomic E-state index is -0.504. The summed E-state index contributed by atoms with van der Waals surface area (Å²) in [6.45, 7) is 11.2. The number of nitrogens with zero attached hydrogens (tertiary/aromatic N) is 3. The molecule has 5 nitrogen and oxygen atoms in total. The van der Waals surface area contributed by atoms with E-state index in [2.05, 4.69) is 47.9 Å². The minimum absolute atomic E-state index is 0.0888. The molecular formula is C25H33N3O2. The zero-order chi connectivity index (χ0) is 21.3. The molecule has 1 N–H and O–H groups in total. The van der Waals surface area contributed by atoms with Crippen molar-refractivity contribution in [2.75, 3.05) is 49.1 Å². The summed E-state index contributed by atoms with van der Waals surface area (Å²) < 4.78 is 0. The quantitative estimate of drug-likeness (QED) is 0.843. The lowest BCUT2D eigenvalue weighted by Crippen LogP contribution is -2.47. The van der Waals surface area contributed by atoms with Gasteiger partial charge in [-0.3, -0.25) is 9.69 Å². The molecule has 2 aromatic rings. The summed E-state index contributed by atoms with van der Waals surface area (Å²) >= 11 is 0. The van der Waals surface area contributed by atoms with Gasteiger partial charge >= 0.3 is 0 Å². The van der Waals surface area contributed by atoms with Crippen molar-refractivity contribution >= 4 is 17.3 Å². The number of benzene rings is 2. The first-order valence-corrected chi connectivity index (χ1v) is 11.1. The van der Waals surface area contributed by atoms with Gasteiger partial charge in [0.2, 0.25) is 5.91 Å². The largest absolute Gasteiger partial charge is 0.387 e.